The molecule has 0 aliphatic carbocycles. The zero-order valence-electron chi connectivity index (χ0n) is 23.9. The molecule has 0 saturated carbocycles. The van der Waals surface area contributed by atoms with Gasteiger partial charge in [-0.05, 0) is 50.7 Å². The highest BCUT2D eigenvalue weighted by atomic mass is 127. The van der Waals surface area contributed by atoms with Gasteiger partial charge in [-0.1, -0.05) is 51.0 Å². The van der Waals surface area contributed by atoms with Gasteiger partial charge in [0, 0.05) is 0 Å². The van der Waals surface area contributed by atoms with Gasteiger partial charge in [-0.15, -0.1) is 0 Å². The van der Waals surface area contributed by atoms with E-state index >= 15 is 0 Å². The average molecular weight is 864 g/mol. The quantitative estimate of drug-likeness (QED) is 0.152. The summed E-state index contributed by atoms with van der Waals surface area (Å²) in [5.74, 6) is -52.0. The molecule has 275 valence electrons. The molecule has 48 heavy (non-hydrogen) atoms. The Balaban J connectivity index is 2.70. The van der Waals surface area contributed by atoms with E-state index in [1.54, 1.807) is 13.8 Å². The summed E-state index contributed by atoms with van der Waals surface area (Å²) in [6.07, 6.45) is -5.97. The maximum Gasteiger partial charge on any atom is 0.460 e. The molecule has 3 nitrogen and oxygen atoms in total. The summed E-state index contributed by atoms with van der Waals surface area (Å²) in [6.45, 7) is 3.47. The lowest BCUT2D eigenvalue weighted by Crippen LogP contribution is -3.85. The molecule has 0 aliphatic heterocycles. The molecule has 1 radical (unpaired) electrons. The van der Waals surface area contributed by atoms with Crippen molar-refractivity contribution >= 4 is 10.1 Å². The van der Waals surface area contributed by atoms with Crippen LogP contribution < -0.4 is 20.2 Å². The number of alkyl halides is 17. The van der Waals surface area contributed by atoms with E-state index in [9.17, 15) is 83.1 Å². The molecule has 0 N–H and O–H groups in total. The summed E-state index contributed by atoms with van der Waals surface area (Å²) < 4.78 is 262. The summed E-state index contributed by atoms with van der Waals surface area (Å²) in [4.78, 5) is 0. The summed E-state index contributed by atoms with van der Waals surface area (Å²) >= 11 is -4.59. The third-order valence-electron chi connectivity index (χ3n) is 6.45. The highest BCUT2D eigenvalue weighted by Crippen LogP contribution is 2.64. The fraction of sp³-hybridized carbons (Fsp3) is 0.538. The standard InChI is InChI=1S/C26H22F17IO3S/c1-3-5-15-7-11-17(12-8-15)44(18-13-9-16(6-4-2)10-14-18)47-48(45,46)26(42,43)24(37,38)22(33,34)20(29,30)19(27,28)21(31,32)23(35,36)25(39,40)41/h7-14H,3-6H2,1-2H3/q+1. The van der Waals surface area contributed by atoms with Gasteiger partial charge < -0.3 is 0 Å². The van der Waals surface area contributed by atoms with Crippen LogP contribution in [0, 0.1) is 7.14 Å². The van der Waals surface area contributed by atoms with Gasteiger partial charge in [-0.2, -0.15) is 83.1 Å². The lowest BCUT2D eigenvalue weighted by molar-refractivity contribution is -1.03. The van der Waals surface area contributed by atoms with Crippen LogP contribution in [-0.2, 0) is 25.5 Å². The minimum Gasteiger partial charge on any atom is -0.192 e. The molecule has 0 saturated heterocycles. The lowest BCUT2D eigenvalue weighted by atomic mass is 9.91. The Bertz CT molecular complexity index is 1460. The van der Waals surface area contributed by atoms with E-state index in [4.69, 9.17) is 0 Å². The van der Waals surface area contributed by atoms with E-state index in [-0.39, 0.29) is 7.14 Å². The Morgan fingerprint density at radius 2 is 0.792 bits per heavy atom. The van der Waals surface area contributed by atoms with Crippen LogP contribution in [0.2, 0.25) is 0 Å². The predicted molar refractivity (Wildman–Crippen MR) is 129 cm³/mol. The zero-order valence-corrected chi connectivity index (χ0v) is 26.9. The molecule has 0 bridgehead atoms. The molecule has 0 aromatic heterocycles. The molecule has 2 aromatic carbocycles. The van der Waals surface area contributed by atoms with E-state index in [1.807, 2.05) is 0 Å². The van der Waals surface area contributed by atoms with Crippen molar-refractivity contribution in [2.45, 2.75) is 86.5 Å². The van der Waals surface area contributed by atoms with Crippen LogP contribution >= 0.6 is 0 Å². The van der Waals surface area contributed by atoms with E-state index < -0.39 is 77.3 Å². The van der Waals surface area contributed by atoms with Crippen LogP contribution in [0.3, 0.4) is 0 Å². The van der Waals surface area contributed by atoms with Gasteiger partial charge in [0.15, 0.2) is 7.14 Å². The number of hydrogen-bond acceptors (Lipinski definition) is 3. The topological polar surface area (TPSA) is 43.4 Å². The highest BCUT2D eigenvalue weighted by molar-refractivity contribution is 7.87. The second-order valence-corrected chi connectivity index (χ2v) is 16.5. The van der Waals surface area contributed by atoms with Crippen molar-refractivity contribution in [2.24, 2.45) is 0 Å². The molecule has 0 heterocycles. The first-order valence-corrected chi connectivity index (χ1v) is 17.4. The fourth-order valence-electron chi connectivity index (χ4n) is 3.74. The Morgan fingerprint density at radius 3 is 1.08 bits per heavy atom. The molecular formula is C26H22F17IO3S+. The molecule has 0 unspecified atom stereocenters. The number of rotatable bonds is 15. The first kappa shape index (κ1) is 42.1. The Morgan fingerprint density at radius 1 is 0.500 bits per heavy atom. The maximum absolute atomic E-state index is 14.8. The van der Waals surface area contributed by atoms with Crippen molar-refractivity contribution in [1.29, 1.82) is 0 Å². The smallest absolute Gasteiger partial charge is 0.192 e. The van der Waals surface area contributed by atoms with Crippen LogP contribution in [0.5, 0.6) is 0 Å². The average Bonchev–Trinajstić information content (AvgIpc) is 2.96. The Labute approximate surface area is 268 Å². The van der Waals surface area contributed by atoms with Crippen LogP contribution in [0.25, 0.3) is 0 Å². The Hall–Kier alpha value is -2.11. The molecule has 22 heteroatoms. The maximum atomic E-state index is 14.8. The summed E-state index contributed by atoms with van der Waals surface area (Å²) in [6, 6.07) is 9.44. The molecule has 2 aromatic rings. The molecule has 0 aliphatic rings. The van der Waals surface area contributed by atoms with Crippen LogP contribution in [0.15, 0.2) is 48.5 Å². The zero-order chi connectivity index (χ0) is 37.6. The normalized spacial score (nSPS) is 14.9. The van der Waals surface area contributed by atoms with Crippen LogP contribution in [0.4, 0.5) is 74.6 Å². The molecule has 0 fully saturated rings. The lowest BCUT2D eigenvalue weighted by Gasteiger charge is -2.42. The number of benzene rings is 2. The molecule has 0 spiro atoms. The van der Waals surface area contributed by atoms with Gasteiger partial charge in [-0.3, -0.25) is 0 Å². The van der Waals surface area contributed by atoms with Crippen LogP contribution in [-0.4, -0.2) is 55.4 Å². The van der Waals surface area contributed by atoms with Gasteiger partial charge in [0.2, 0.25) is 0 Å². The van der Waals surface area contributed by atoms with E-state index in [2.05, 4.69) is 2.51 Å². The van der Waals surface area contributed by atoms with Crippen molar-refractivity contribution in [1.82, 2.24) is 0 Å². The largest absolute Gasteiger partial charge is 0.460 e. The number of hydrogen-bond donors (Lipinski definition) is 0. The molecule has 0 atom stereocenters. The predicted octanol–water partition coefficient (Wildman–Crippen LogP) is 6.48. The van der Waals surface area contributed by atoms with Gasteiger partial charge in [0.25, 0.3) is 0 Å². The summed E-state index contributed by atoms with van der Waals surface area (Å²) in [7, 11) is -7.72. The molecular weight excluding hydrogens is 842 g/mol. The number of halogens is 18. The van der Waals surface area contributed by atoms with Gasteiger partial charge in [0.1, 0.15) is 0 Å². The minimum absolute atomic E-state index is 0.317. The Kier molecular flexibility index (Phi) is 11.9. The van der Waals surface area contributed by atoms with E-state index in [0.717, 1.165) is 24.3 Å². The van der Waals surface area contributed by atoms with Crippen molar-refractivity contribution in [2.75, 3.05) is 0 Å². The third-order valence-corrected chi connectivity index (χ3v) is 13.8. The fourth-order valence-corrected chi connectivity index (χ4v) is 10.7. The van der Waals surface area contributed by atoms with Gasteiger partial charge >= 0.3 is 77.3 Å². The second-order valence-electron chi connectivity index (χ2n) is 9.98. The molecule has 2 rings (SSSR count). The van der Waals surface area contributed by atoms with Crippen molar-refractivity contribution in [3.63, 3.8) is 0 Å². The molecule has 0 amide bonds. The van der Waals surface area contributed by atoms with Crippen molar-refractivity contribution in [3.8, 4) is 0 Å². The SMILES string of the molecule is CCCc1ccc([I+](OS(=O)(=O)C(F)(F)C(F)(F)C(F)(F)C(F)(F)C(F)(F)C(F)(F)C(F)(F)C(F)(F)F)c2ccc(CCC)cc2)cc1. The van der Waals surface area contributed by atoms with Gasteiger partial charge in [0.05, 0.1) is 0 Å². The summed E-state index contributed by atoms with van der Waals surface area (Å²) in [5.41, 5.74) is 1.12. The minimum atomic E-state index is -8.91. The third kappa shape index (κ3) is 6.81. The van der Waals surface area contributed by atoms with Crippen molar-refractivity contribution < 1.29 is 106 Å². The first-order valence-electron chi connectivity index (χ1n) is 13.0. The van der Waals surface area contributed by atoms with E-state index in [1.165, 1.54) is 24.3 Å². The monoisotopic (exact) mass is 864 g/mol. The highest BCUT2D eigenvalue weighted by Gasteiger charge is 2.96. The van der Waals surface area contributed by atoms with Crippen molar-refractivity contribution in [3.05, 3.63) is 66.8 Å². The van der Waals surface area contributed by atoms with E-state index in [0.29, 0.717) is 36.8 Å². The summed E-state index contributed by atoms with van der Waals surface area (Å²) in [5, 5.41) is -7.75. The second kappa shape index (κ2) is 13.5. The van der Waals surface area contributed by atoms with Gasteiger partial charge in [-0.25, -0.2) is 0 Å². The van der Waals surface area contributed by atoms with Crippen LogP contribution in [0.1, 0.15) is 37.8 Å². The first-order chi connectivity index (χ1) is 21.4. The number of aryl methyl sites for hydroxylation is 2.